The molecule has 1 aromatic rings. The Morgan fingerprint density at radius 3 is 2.44 bits per heavy atom. The molecule has 0 saturated carbocycles. The van der Waals surface area contributed by atoms with Crippen molar-refractivity contribution in [2.24, 2.45) is 5.92 Å². The number of carbonyl (C=O) groups excluding carboxylic acids is 2. The molecule has 27 heavy (non-hydrogen) atoms. The molecule has 1 aromatic carbocycles. The van der Waals surface area contributed by atoms with E-state index in [1.54, 1.807) is 0 Å². The van der Waals surface area contributed by atoms with E-state index in [0.29, 0.717) is 18.0 Å². The van der Waals surface area contributed by atoms with Gasteiger partial charge in [-0.2, -0.15) is 0 Å². The minimum Gasteiger partial charge on any atom is -0.326 e. The van der Waals surface area contributed by atoms with Gasteiger partial charge in [0.1, 0.15) is 0 Å². The van der Waals surface area contributed by atoms with Crippen LogP contribution in [0.5, 0.6) is 0 Å². The molecule has 0 radical (unpaired) electrons. The van der Waals surface area contributed by atoms with Crippen LogP contribution in [0.3, 0.4) is 0 Å². The molecule has 2 saturated heterocycles. The number of carbonyl (C=O) groups is 2. The minimum atomic E-state index is -0.0447. The molecule has 2 N–H and O–H groups in total. The number of hydrogen-bond acceptors (Lipinski definition) is 3. The molecule has 2 heterocycles. The number of anilines is 2. The predicted octanol–water partition coefficient (Wildman–Crippen LogP) is 3.68. The van der Waals surface area contributed by atoms with Crippen molar-refractivity contribution in [3.05, 3.63) is 23.8 Å². The number of aryl methyl sites for hydroxylation is 1. The van der Waals surface area contributed by atoms with E-state index in [9.17, 15) is 9.59 Å². The lowest BCUT2D eigenvalue weighted by atomic mass is 9.96. The standard InChI is InChI=1S/C21H32N4O2/c1-3-20(26)22-18-7-6-16(2)19(14-18)23-21(27)25-12-8-17(9-13-25)15-24-10-4-5-11-24/h6-7,14,17H,3-5,8-13,15H2,1-2H3,(H,22,26)(H,23,27). The van der Waals surface area contributed by atoms with E-state index >= 15 is 0 Å². The zero-order valence-corrected chi connectivity index (χ0v) is 16.6. The van der Waals surface area contributed by atoms with Crippen LogP contribution in [0.2, 0.25) is 0 Å². The molecule has 6 heteroatoms. The first kappa shape index (κ1) is 19.7. The summed E-state index contributed by atoms with van der Waals surface area (Å²) in [4.78, 5) is 28.8. The van der Waals surface area contributed by atoms with Crippen LogP contribution in [0.1, 0.15) is 44.6 Å². The summed E-state index contributed by atoms with van der Waals surface area (Å²) in [5, 5.41) is 5.87. The van der Waals surface area contributed by atoms with E-state index in [-0.39, 0.29) is 11.9 Å². The van der Waals surface area contributed by atoms with Gasteiger partial charge < -0.3 is 20.4 Å². The average Bonchev–Trinajstić information content (AvgIpc) is 3.18. The topological polar surface area (TPSA) is 64.7 Å². The van der Waals surface area contributed by atoms with Crippen LogP contribution in [0.25, 0.3) is 0 Å². The van der Waals surface area contributed by atoms with Crippen molar-refractivity contribution < 1.29 is 9.59 Å². The van der Waals surface area contributed by atoms with Gasteiger partial charge in [0.25, 0.3) is 0 Å². The van der Waals surface area contributed by atoms with Crippen LogP contribution in [0, 0.1) is 12.8 Å². The fourth-order valence-electron chi connectivity index (χ4n) is 3.93. The van der Waals surface area contributed by atoms with Crippen molar-refractivity contribution >= 4 is 23.3 Å². The molecular formula is C21H32N4O2. The van der Waals surface area contributed by atoms with E-state index < -0.39 is 0 Å². The van der Waals surface area contributed by atoms with Crippen molar-refractivity contribution in [2.75, 3.05) is 43.4 Å². The zero-order valence-electron chi connectivity index (χ0n) is 16.6. The molecule has 2 aliphatic heterocycles. The molecular weight excluding hydrogens is 340 g/mol. The first-order valence-corrected chi connectivity index (χ1v) is 10.2. The minimum absolute atomic E-state index is 0.0313. The Bertz CT molecular complexity index is 662. The van der Waals surface area contributed by atoms with Gasteiger partial charge in [-0.3, -0.25) is 4.79 Å². The normalized spacial score (nSPS) is 18.5. The van der Waals surface area contributed by atoms with Crippen molar-refractivity contribution in [1.82, 2.24) is 9.80 Å². The quantitative estimate of drug-likeness (QED) is 0.829. The molecule has 0 atom stereocenters. The highest BCUT2D eigenvalue weighted by Gasteiger charge is 2.25. The number of hydrogen-bond donors (Lipinski definition) is 2. The fraction of sp³-hybridized carbons (Fsp3) is 0.619. The first-order chi connectivity index (χ1) is 13.0. The number of piperidine rings is 1. The van der Waals surface area contributed by atoms with Gasteiger partial charge in [-0.15, -0.1) is 0 Å². The second-order valence-electron chi connectivity index (χ2n) is 7.80. The summed E-state index contributed by atoms with van der Waals surface area (Å²) < 4.78 is 0. The summed E-state index contributed by atoms with van der Waals surface area (Å²) in [6.45, 7) is 9.08. The van der Waals surface area contributed by atoms with Gasteiger partial charge in [0.2, 0.25) is 5.91 Å². The van der Waals surface area contributed by atoms with Gasteiger partial charge in [0.15, 0.2) is 0 Å². The monoisotopic (exact) mass is 372 g/mol. The lowest BCUT2D eigenvalue weighted by Gasteiger charge is -2.34. The van der Waals surface area contributed by atoms with Crippen LogP contribution in [0.15, 0.2) is 18.2 Å². The Kier molecular flexibility index (Phi) is 6.72. The number of benzene rings is 1. The smallest absolute Gasteiger partial charge is 0.321 e. The molecule has 0 unspecified atom stereocenters. The van der Waals surface area contributed by atoms with Gasteiger partial charge in [0, 0.05) is 37.4 Å². The summed E-state index contributed by atoms with van der Waals surface area (Å²) in [6.07, 6.45) is 5.25. The Morgan fingerprint density at radius 2 is 1.78 bits per heavy atom. The lowest BCUT2D eigenvalue weighted by Crippen LogP contribution is -2.43. The summed E-state index contributed by atoms with van der Waals surface area (Å²) in [5.41, 5.74) is 2.46. The molecule has 0 bridgehead atoms. The Balaban J connectivity index is 1.51. The third-order valence-electron chi connectivity index (χ3n) is 5.70. The van der Waals surface area contributed by atoms with Crippen LogP contribution in [-0.4, -0.2) is 54.5 Å². The molecule has 3 rings (SSSR count). The molecule has 2 fully saturated rings. The molecule has 3 amide bonds. The number of amides is 3. The van der Waals surface area contributed by atoms with Crippen molar-refractivity contribution in [3.63, 3.8) is 0 Å². The number of likely N-dealkylation sites (tertiary alicyclic amines) is 2. The highest BCUT2D eigenvalue weighted by molar-refractivity contribution is 5.94. The second kappa shape index (κ2) is 9.22. The number of rotatable bonds is 5. The van der Waals surface area contributed by atoms with E-state index in [2.05, 4.69) is 15.5 Å². The molecule has 148 valence electrons. The average molecular weight is 373 g/mol. The highest BCUT2D eigenvalue weighted by Crippen LogP contribution is 2.24. The van der Waals surface area contributed by atoms with Gasteiger partial charge in [-0.1, -0.05) is 13.0 Å². The number of nitrogens with one attached hydrogen (secondary N) is 2. The third kappa shape index (κ3) is 5.45. The molecule has 0 spiro atoms. The van der Waals surface area contributed by atoms with E-state index in [0.717, 1.165) is 37.2 Å². The largest absolute Gasteiger partial charge is 0.326 e. The van der Waals surface area contributed by atoms with Crippen LogP contribution >= 0.6 is 0 Å². The zero-order chi connectivity index (χ0) is 19.2. The highest BCUT2D eigenvalue weighted by atomic mass is 16.2. The van der Waals surface area contributed by atoms with Gasteiger partial charge in [-0.05, 0) is 69.3 Å². The summed E-state index contributed by atoms with van der Waals surface area (Å²) in [5.74, 6) is 0.678. The second-order valence-corrected chi connectivity index (χ2v) is 7.80. The Labute approximate surface area is 162 Å². The van der Waals surface area contributed by atoms with Crippen molar-refractivity contribution in [2.45, 2.75) is 46.0 Å². The van der Waals surface area contributed by atoms with E-state index in [1.807, 2.05) is 36.9 Å². The lowest BCUT2D eigenvalue weighted by molar-refractivity contribution is -0.115. The van der Waals surface area contributed by atoms with Crippen LogP contribution in [0.4, 0.5) is 16.2 Å². The number of nitrogens with zero attached hydrogens (tertiary/aromatic N) is 2. The Hall–Kier alpha value is -2.08. The van der Waals surface area contributed by atoms with Gasteiger partial charge in [0.05, 0.1) is 0 Å². The summed E-state index contributed by atoms with van der Waals surface area (Å²) >= 11 is 0. The molecule has 0 aromatic heterocycles. The van der Waals surface area contributed by atoms with E-state index in [1.165, 1.54) is 32.5 Å². The maximum atomic E-state index is 12.7. The first-order valence-electron chi connectivity index (χ1n) is 10.2. The third-order valence-corrected chi connectivity index (χ3v) is 5.70. The molecule has 2 aliphatic rings. The SMILES string of the molecule is CCC(=O)Nc1ccc(C)c(NC(=O)N2CCC(CN3CCCC3)CC2)c1. The molecule has 6 nitrogen and oxygen atoms in total. The number of urea groups is 1. The summed E-state index contributed by atoms with van der Waals surface area (Å²) in [7, 11) is 0. The maximum absolute atomic E-state index is 12.7. The van der Waals surface area contributed by atoms with Crippen LogP contribution in [-0.2, 0) is 4.79 Å². The van der Waals surface area contributed by atoms with Gasteiger partial charge in [-0.25, -0.2) is 4.79 Å². The predicted molar refractivity (Wildman–Crippen MR) is 109 cm³/mol. The molecule has 0 aliphatic carbocycles. The summed E-state index contributed by atoms with van der Waals surface area (Å²) in [6, 6.07) is 5.57. The van der Waals surface area contributed by atoms with Crippen LogP contribution < -0.4 is 10.6 Å². The fourth-order valence-corrected chi connectivity index (χ4v) is 3.93. The maximum Gasteiger partial charge on any atom is 0.321 e. The van der Waals surface area contributed by atoms with Crippen molar-refractivity contribution in [3.8, 4) is 0 Å². The van der Waals surface area contributed by atoms with Gasteiger partial charge >= 0.3 is 6.03 Å². The van der Waals surface area contributed by atoms with E-state index in [4.69, 9.17) is 0 Å². The van der Waals surface area contributed by atoms with Crippen molar-refractivity contribution in [1.29, 1.82) is 0 Å². The Morgan fingerprint density at radius 1 is 1.07 bits per heavy atom.